The van der Waals surface area contributed by atoms with Gasteiger partial charge in [0.2, 0.25) is 11.8 Å². The Morgan fingerprint density at radius 2 is 1.50 bits per heavy atom. The molecule has 1 heterocycles. The van der Waals surface area contributed by atoms with E-state index in [1.165, 1.54) is 4.90 Å². The Bertz CT molecular complexity index is 951. The summed E-state index contributed by atoms with van der Waals surface area (Å²) in [6.45, 7) is 0.448. The van der Waals surface area contributed by atoms with Crippen LogP contribution in [0.2, 0.25) is 0 Å². The molecule has 0 spiro atoms. The van der Waals surface area contributed by atoms with Crippen molar-refractivity contribution in [1.29, 1.82) is 0 Å². The maximum Gasteiger partial charge on any atom is 0.251 e. The van der Waals surface area contributed by atoms with Crippen molar-refractivity contribution in [3.63, 3.8) is 0 Å². The minimum absolute atomic E-state index is 0.104. The maximum absolute atomic E-state index is 12.9. The summed E-state index contributed by atoms with van der Waals surface area (Å²) in [5.74, 6) is -0.429. The number of anilines is 1. The van der Waals surface area contributed by atoms with E-state index >= 15 is 0 Å². The molecule has 2 aromatic carbocycles. The van der Waals surface area contributed by atoms with E-state index in [4.69, 9.17) is 0 Å². The number of nitrogens with one attached hydrogen (secondary N) is 1. The molecular weight excluding hydrogens is 352 g/mol. The van der Waals surface area contributed by atoms with Crippen LogP contribution in [-0.2, 0) is 16.1 Å². The molecule has 1 saturated heterocycles. The molecule has 0 aromatic heterocycles. The van der Waals surface area contributed by atoms with Crippen molar-refractivity contribution in [3.8, 4) is 0 Å². The van der Waals surface area contributed by atoms with Crippen LogP contribution in [0.1, 0.15) is 22.3 Å². The van der Waals surface area contributed by atoms with Gasteiger partial charge in [-0.25, -0.2) is 0 Å². The van der Waals surface area contributed by atoms with Gasteiger partial charge in [-0.2, -0.15) is 0 Å². The smallest absolute Gasteiger partial charge is 0.251 e. The molecule has 5 rings (SSSR count). The van der Waals surface area contributed by atoms with Gasteiger partial charge in [0.25, 0.3) is 5.91 Å². The number of benzene rings is 2. The van der Waals surface area contributed by atoms with Crippen LogP contribution >= 0.6 is 0 Å². The Morgan fingerprint density at radius 1 is 0.893 bits per heavy atom. The Morgan fingerprint density at radius 3 is 2.11 bits per heavy atom. The van der Waals surface area contributed by atoms with Crippen molar-refractivity contribution in [2.24, 2.45) is 23.7 Å². The first-order chi connectivity index (χ1) is 13.6. The zero-order valence-electron chi connectivity index (χ0n) is 15.2. The van der Waals surface area contributed by atoms with Gasteiger partial charge in [0.05, 0.1) is 17.5 Å². The second-order valence-corrected chi connectivity index (χ2v) is 7.73. The van der Waals surface area contributed by atoms with Crippen LogP contribution < -0.4 is 10.2 Å². The lowest BCUT2D eigenvalue weighted by atomic mass is 9.85. The molecule has 4 atom stereocenters. The van der Waals surface area contributed by atoms with Gasteiger partial charge >= 0.3 is 0 Å². The lowest BCUT2D eigenvalue weighted by Gasteiger charge is -2.17. The quantitative estimate of drug-likeness (QED) is 0.663. The predicted octanol–water partition coefficient (Wildman–Crippen LogP) is 2.93. The number of fused-ring (bicyclic) bond motifs is 5. The van der Waals surface area contributed by atoms with Gasteiger partial charge in [0.1, 0.15) is 0 Å². The van der Waals surface area contributed by atoms with E-state index < -0.39 is 0 Å². The summed E-state index contributed by atoms with van der Waals surface area (Å²) >= 11 is 0. The van der Waals surface area contributed by atoms with Crippen LogP contribution in [0.15, 0.2) is 66.7 Å². The molecule has 1 saturated carbocycles. The number of rotatable bonds is 4. The van der Waals surface area contributed by atoms with E-state index in [0.29, 0.717) is 17.8 Å². The van der Waals surface area contributed by atoms with Crippen LogP contribution in [0.3, 0.4) is 0 Å². The number of carbonyl (C=O) groups excluding carboxylic acids is 3. The summed E-state index contributed by atoms with van der Waals surface area (Å²) in [7, 11) is 0. The van der Waals surface area contributed by atoms with Gasteiger partial charge in [0.15, 0.2) is 0 Å². The first kappa shape index (κ1) is 16.9. The molecule has 2 bridgehead atoms. The Hall–Kier alpha value is -3.21. The molecule has 28 heavy (non-hydrogen) atoms. The summed E-state index contributed by atoms with van der Waals surface area (Å²) in [5.41, 5.74) is 2.07. The number of amides is 3. The van der Waals surface area contributed by atoms with Crippen LogP contribution in [0, 0.1) is 23.7 Å². The Labute approximate surface area is 163 Å². The molecule has 5 nitrogen and oxygen atoms in total. The predicted molar refractivity (Wildman–Crippen MR) is 104 cm³/mol. The standard InChI is InChI=1S/C23H20N2O3/c26-21(24-13-14-4-2-1-3-5-14)15-8-10-18(11-9-15)25-22(27)19-16-6-7-17(12-16)20(19)23(25)28/h1-11,16-17,19-20H,12-13H2,(H,24,26)/t16-,17+,19-,20+. The highest BCUT2D eigenvalue weighted by Crippen LogP contribution is 2.53. The molecule has 2 fully saturated rings. The topological polar surface area (TPSA) is 66.5 Å². The number of carbonyl (C=O) groups is 3. The van der Waals surface area contributed by atoms with Crippen molar-refractivity contribution < 1.29 is 14.4 Å². The molecule has 0 unspecified atom stereocenters. The van der Waals surface area contributed by atoms with Crippen LogP contribution in [0.4, 0.5) is 5.69 Å². The van der Waals surface area contributed by atoms with Crippen molar-refractivity contribution in [2.45, 2.75) is 13.0 Å². The molecule has 5 heteroatoms. The van der Waals surface area contributed by atoms with Crippen molar-refractivity contribution in [2.75, 3.05) is 4.90 Å². The van der Waals surface area contributed by atoms with Crippen LogP contribution in [0.5, 0.6) is 0 Å². The average Bonchev–Trinajstić information content (AvgIpc) is 3.41. The largest absolute Gasteiger partial charge is 0.348 e. The zero-order valence-corrected chi connectivity index (χ0v) is 15.2. The number of nitrogens with zero attached hydrogens (tertiary/aromatic N) is 1. The zero-order chi connectivity index (χ0) is 19.3. The van der Waals surface area contributed by atoms with E-state index in [1.54, 1.807) is 24.3 Å². The second kappa shape index (κ2) is 6.44. The third-order valence-electron chi connectivity index (χ3n) is 6.15. The van der Waals surface area contributed by atoms with Gasteiger partial charge in [-0.15, -0.1) is 0 Å². The molecule has 3 amide bonds. The van der Waals surface area contributed by atoms with Gasteiger partial charge in [-0.05, 0) is 48.1 Å². The van der Waals surface area contributed by atoms with Gasteiger partial charge < -0.3 is 5.32 Å². The fourth-order valence-electron chi connectivity index (χ4n) is 4.80. The minimum atomic E-state index is -0.212. The highest BCUT2D eigenvalue weighted by molar-refractivity contribution is 6.22. The average molecular weight is 372 g/mol. The van der Waals surface area contributed by atoms with E-state index in [0.717, 1.165) is 12.0 Å². The van der Waals surface area contributed by atoms with Crippen molar-refractivity contribution >= 4 is 23.4 Å². The number of imide groups is 1. The van der Waals surface area contributed by atoms with Crippen molar-refractivity contribution in [3.05, 3.63) is 77.9 Å². The van der Waals surface area contributed by atoms with E-state index in [-0.39, 0.29) is 41.4 Å². The normalized spacial score (nSPS) is 27.4. The molecule has 0 radical (unpaired) electrons. The first-order valence-electron chi connectivity index (χ1n) is 9.62. The summed E-state index contributed by atoms with van der Waals surface area (Å²) in [6.07, 6.45) is 5.09. The molecule has 2 aliphatic carbocycles. The third-order valence-corrected chi connectivity index (χ3v) is 6.15. The molecule has 2 aromatic rings. The Balaban J connectivity index is 1.30. The van der Waals surface area contributed by atoms with Gasteiger partial charge in [-0.1, -0.05) is 42.5 Å². The SMILES string of the molecule is O=C(NCc1ccccc1)c1ccc(N2C(=O)[C@@H]3[C@H](C2=O)[C@@H]2C=C[C@H]3C2)cc1. The second-order valence-electron chi connectivity index (χ2n) is 7.73. The molecule has 3 aliphatic rings. The third kappa shape index (κ3) is 2.58. The van der Waals surface area contributed by atoms with Crippen molar-refractivity contribution in [1.82, 2.24) is 5.32 Å². The van der Waals surface area contributed by atoms with E-state index in [2.05, 4.69) is 17.5 Å². The van der Waals surface area contributed by atoms with Crippen LogP contribution in [-0.4, -0.2) is 17.7 Å². The first-order valence-corrected chi connectivity index (χ1v) is 9.62. The maximum atomic E-state index is 12.9. The lowest BCUT2D eigenvalue weighted by Crippen LogP contribution is -2.32. The summed E-state index contributed by atoms with van der Waals surface area (Å²) in [6, 6.07) is 16.4. The molecule has 140 valence electrons. The minimum Gasteiger partial charge on any atom is -0.348 e. The molecule has 1 aliphatic heterocycles. The fraction of sp³-hybridized carbons (Fsp3) is 0.261. The highest BCUT2D eigenvalue weighted by Gasteiger charge is 2.59. The van der Waals surface area contributed by atoms with E-state index in [1.807, 2.05) is 30.3 Å². The lowest BCUT2D eigenvalue weighted by molar-refractivity contribution is -0.123. The van der Waals surface area contributed by atoms with Crippen LogP contribution in [0.25, 0.3) is 0 Å². The summed E-state index contributed by atoms with van der Waals surface area (Å²) < 4.78 is 0. The molecule has 1 N–H and O–H groups in total. The molecular formula is C23H20N2O3. The number of allylic oxidation sites excluding steroid dienone is 2. The van der Waals surface area contributed by atoms with E-state index in [9.17, 15) is 14.4 Å². The van der Waals surface area contributed by atoms with Gasteiger partial charge in [-0.3, -0.25) is 19.3 Å². The number of hydrogen-bond acceptors (Lipinski definition) is 3. The van der Waals surface area contributed by atoms with Gasteiger partial charge in [0, 0.05) is 12.1 Å². The number of hydrogen-bond donors (Lipinski definition) is 1. The fourth-order valence-corrected chi connectivity index (χ4v) is 4.80. The monoisotopic (exact) mass is 372 g/mol. The Kier molecular flexibility index (Phi) is 3.90. The summed E-state index contributed by atoms with van der Waals surface area (Å²) in [5, 5.41) is 2.88. The summed E-state index contributed by atoms with van der Waals surface area (Å²) in [4.78, 5) is 39.4. The highest BCUT2D eigenvalue weighted by atomic mass is 16.2.